The molecule has 9 heteroatoms. The summed E-state index contributed by atoms with van der Waals surface area (Å²) in [5.41, 5.74) is -0.452. The van der Waals surface area contributed by atoms with Crippen molar-refractivity contribution in [1.82, 2.24) is 4.90 Å². The van der Waals surface area contributed by atoms with Crippen LogP contribution in [0.25, 0.3) is 0 Å². The Labute approximate surface area is 262 Å². The average Bonchev–Trinajstić information content (AvgIpc) is 3.53. The largest absolute Gasteiger partial charge is 0.465 e. The van der Waals surface area contributed by atoms with Gasteiger partial charge in [-0.3, -0.25) is 14.4 Å². The van der Waals surface area contributed by atoms with Gasteiger partial charge in [-0.05, 0) is 83.1 Å². The Balaban J connectivity index is 1.75. The molecule has 7 atom stereocenters. The van der Waals surface area contributed by atoms with E-state index in [2.05, 4.69) is 31.9 Å². The highest BCUT2D eigenvalue weighted by molar-refractivity contribution is 6.05. The number of unbranched alkanes of at least 4 members (excludes halogenated alkanes) is 2. The van der Waals surface area contributed by atoms with Gasteiger partial charge in [-0.1, -0.05) is 26.0 Å². The Hall–Kier alpha value is -3.17. The van der Waals surface area contributed by atoms with Crippen molar-refractivity contribution in [2.45, 2.75) is 90.0 Å². The number of nitrogens with zero attached hydrogens (tertiary/aromatic N) is 3. The van der Waals surface area contributed by atoms with Gasteiger partial charge in [-0.15, -0.1) is 13.2 Å². The number of esters is 1. The molecule has 3 heterocycles. The summed E-state index contributed by atoms with van der Waals surface area (Å²) in [6.45, 7) is 19.5. The van der Waals surface area contributed by atoms with Gasteiger partial charge in [0.05, 0.1) is 30.8 Å². The fourth-order valence-electron chi connectivity index (χ4n) is 7.81. The van der Waals surface area contributed by atoms with E-state index < -0.39 is 41.1 Å². The van der Waals surface area contributed by atoms with E-state index in [0.717, 1.165) is 31.6 Å². The molecule has 2 amide bonds. The van der Waals surface area contributed by atoms with Gasteiger partial charge in [0, 0.05) is 31.0 Å². The van der Waals surface area contributed by atoms with E-state index in [4.69, 9.17) is 9.47 Å². The first-order valence-electron chi connectivity index (χ1n) is 16.3. The van der Waals surface area contributed by atoms with Gasteiger partial charge in [0.2, 0.25) is 5.91 Å². The first kappa shape index (κ1) is 33.7. The molecule has 3 unspecified atom stereocenters. The Morgan fingerprint density at radius 3 is 2.36 bits per heavy atom. The van der Waals surface area contributed by atoms with E-state index in [1.807, 2.05) is 51.1 Å². The van der Waals surface area contributed by atoms with Crippen LogP contribution in [-0.4, -0.2) is 83.9 Å². The Kier molecular flexibility index (Phi) is 10.6. The van der Waals surface area contributed by atoms with Gasteiger partial charge >= 0.3 is 5.97 Å². The van der Waals surface area contributed by atoms with Crippen LogP contribution in [0.5, 0.6) is 0 Å². The Bertz CT molecular complexity index is 1210. The zero-order valence-electron chi connectivity index (χ0n) is 27.2. The van der Waals surface area contributed by atoms with Crippen molar-refractivity contribution in [3.8, 4) is 0 Å². The first-order chi connectivity index (χ1) is 21.1. The molecule has 0 aromatic heterocycles. The molecule has 1 aromatic carbocycles. The quantitative estimate of drug-likeness (QED) is 0.164. The maximum Gasteiger partial charge on any atom is 0.312 e. The van der Waals surface area contributed by atoms with E-state index in [9.17, 15) is 19.5 Å². The van der Waals surface area contributed by atoms with E-state index in [1.165, 1.54) is 4.90 Å². The summed E-state index contributed by atoms with van der Waals surface area (Å²) in [5, 5.41) is 10.4. The molecule has 3 aliphatic heterocycles. The third kappa shape index (κ3) is 5.58. The number of carbonyl (C=O) groups excluding carboxylic acids is 3. The van der Waals surface area contributed by atoms with Crippen LogP contribution >= 0.6 is 0 Å². The molecule has 0 radical (unpaired) electrons. The number of likely N-dealkylation sites (tertiary alicyclic amines) is 1. The molecule has 0 aliphatic carbocycles. The summed E-state index contributed by atoms with van der Waals surface area (Å²) in [5.74, 6) is -2.93. The number of carbonyl (C=O) groups is 3. The molecule has 1 N–H and O–H groups in total. The lowest BCUT2D eigenvalue weighted by Gasteiger charge is -2.39. The summed E-state index contributed by atoms with van der Waals surface area (Å²) >= 11 is 0. The fraction of sp³-hybridized carbons (Fsp3) is 0.629. The van der Waals surface area contributed by atoms with Gasteiger partial charge in [-0.2, -0.15) is 0 Å². The molecule has 0 saturated carbocycles. The van der Waals surface area contributed by atoms with Crippen LogP contribution in [0.15, 0.2) is 49.6 Å². The molecule has 3 saturated heterocycles. The van der Waals surface area contributed by atoms with Crippen molar-refractivity contribution in [3.05, 3.63) is 49.6 Å². The minimum absolute atomic E-state index is 0.101. The van der Waals surface area contributed by atoms with Gasteiger partial charge < -0.3 is 29.3 Å². The lowest BCUT2D eigenvalue weighted by molar-refractivity contribution is -0.162. The summed E-state index contributed by atoms with van der Waals surface area (Å²) < 4.78 is 12.6. The monoisotopic (exact) mass is 609 g/mol. The summed E-state index contributed by atoms with van der Waals surface area (Å²) in [6.07, 6.45) is 6.77. The average molecular weight is 610 g/mol. The number of hydrogen-bond donors (Lipinski definition) is 1. The van der Waals surface area contributed by atoms with Crippen LogP contribution in [-0.2, 0) is 23.9 Å². The highest BCUT2D eigenvalue weighted by Gasteiger charge is 2.80. The van der Waals surface area contributed by atoms with Gasteiger partial charge in [0.15, 0.2) is 0 Å². The van der Waals surface area contributed by atoms with Crippen molar-refractivity contribution in [2.75, 3.05) is 42.6 Å². The second kappa shape index (κ2) is 13.9. The number of fused-ring (bicyclic) bond motifs is 1. The molecular weight excluding hydrogens is 558 g/mol. The number of rotatable bonds is 16. The number of hydrogen-bond acceptors (Lipinski definition) is 7. The topological polar surface area (TPSA) is 99.6 Å². The lowest BCUT2D eigenvalue weighted by Crippen LogP contribution is -2.59. The SMILES string of the molecule is C=CCCCCOC(=O)[C@@H]1[C@H]2C(=O)N([C@@H](CC)CO)C(C(=O)N(CC=C)c3ccc(N(CC)CC)cc3)C23CC(C)[C@@]1(C)O3. The summed E-state index contributed by atoms with van der Waals surface area (Å²) in [7, 11) is 0. The number of allylic oxidation sites excluding steroid dienone is 1. The van der Waals surface area contributed by atoms with Crippen molar-refractivity contribution in [1.29, 1.82) is 0 Å². The van der Waals surface area contributed by atoms with E-state index >= 15 is 0 Å². The number of ether oxygens (including phenoxy) is 2. The molecule has 1 aromatic rings. The van der Waals surface area contributed by atoms with Crippen LogP contribution in [0.1, 0.15) is 66.7 Å². The Morgan fingerprint density at radius 2 is 1.80 bits per heavy atom. The van der Waals surface area contributed by atoms with E-state index in [1.54, 1.807) is 11.0 Å². The zero-order chi connectivity index (χ0) is 32.2. The maximum absolute atomic E-state index is 14.8. The molecule has 4 rings (SSSR count). The molecule has 3 fully saturated rings. The highest BCUT2D eigenvalue weighted by atomic mass is 16.6. The highest BCUT2D eigenvalue weighted by Crippen LogP contribution is 2.65. The second-order valence-corrected chi connectivity index (χ2v) is 12.6. The summed E-state index contributed by atoms with van der Waals surface area (Å²) in [6, 6.07) is 6.20. The molecule has 44 heavy (non-hydrogen) atoms. The maximum atomic E-state index is 14.8. The van der Waals surface area contributed by atoms with Crippen LogP contribution < -0.4 is 9.80 Å². The number of aliphatic hydroxyl groups excluding tert-OH is 1. The van der Waals surface area contributed by atoms with Gasteiger partial charge in [-0.25, -0.2) is 0 Å². The number of anilines is 2. The van der Waals surface area contributed by atoms with Crippen LogP contribution in [0.4, 0.5) is 11.4 Å². The molecule has 9 nitrogen and oxygen atoms in total. The van der Waals surface area contributed by atoms with Crippen LogP contribution in [0, 0.1) is 17.8 Å². The third-order valence-corrected chi connectivity index (χ3v) is 10.2. The first-order valence-corrected chi connectivity index (χ1v) is 16.3. The van der Waals surface area contributed by atoms with Gasteiger partial charge in [0.1, 0.15) is 17.6 Å². The smallest absolute Gasteiger partial charge is 0.312 e. The van der Waals surface area contributed by atoms with Gasteiger partial charge in [0.25, 0.3) is 5.91 Å². The number of amides is 2. The zero-order valence-corrected chi connectivity index (χ0v) is 27.2. The fourth-order valence-corrected chi connectivity index (χ4v) is 7.81. The molecule has 1 spiro atoms. The second-order valence-electron chi connectivity index (χ2n) is 12.6. The predicted octanol–water partition coefficient (Wildman–Crippen LogP) is 4.73. The lowest BCUT2D eigenvalue weighted by atomic mass is 9.62. The summed E-state index contributed by atoms with van der Waals surface area (Å²) in [4.78, 5) is 48.4. The van der Waals surface area contributed by atoms with Crippen LogP contribution in [0.2, 0.25) is 0 Å². The normalized spacial score (nSPS) is 29.3. The van der Waals surface area contributed by atoms with Crippen LogP contribution in [0.3, 0.4) is 0 Å². The van der Waals surface area contributed by atoms with E-state index in [0.29, 0.717) is 24.9 Å². The van der Waals surface area contributed by atoms with Crippen molar-refractivity contribution in [2.24, 2.45) is 17.8 Å². The molecule has 2 bridgehead atoms. The molecule has 3 aliphatic rings. The van der Waals surface area contributed by atoms with E-state index in [-0.39, 0.29) is 37.5 Å². The Morgan fingerprint density at radius 1 is 1.14 bits per heavy atom. The number of aliphatic hydroxyl groups is 1. The molecular formula is C35H51N3O6. The predicted molar refractivity (Wildman–Crippen MR) is 172 cm³/mol. The van der Waals surface area contributed by atoms with Crippen molar-refractivity contribution >= 4 is 29.2 Å². The minimum Gasteiger partial charge on any atom is -0.465 e. The van der Waals surface area contributed by atoms with Crippen molar-refractivity contribution in [3.63, 3.8) is 0 Å². The minimum atomic E-state index is -1.22. The standard InChI is InChI=1S/C35H51N3O6/c1-8-13-14-15-21-43-33(42)29-28-31(40)38(25(10-3)23-39)30(35(28)22-24(6)34(29,7)44-35)32(41)37(20-9-2)27-18-16-26(17-19-27)36(11-4)12-5/h8-9,16-19,24-25,28-30,39H,1-2,10-15,20-23H2,3-7H3/t24?,25-,28-,29-,30?,34+,35?/m0/s1. The molecule has 242 valence electrons. The third-order valence-electron chi connectivity index (χ3n) is 10.2. The number of benzene rings is 1. The van der Waals surface area contributed by atoms with Crippen molar-refractivity contribution < 1.29 is 29.0 Å².